The molecule has 0 radical (unpaired) electrons. The van der Waals surface area contributed by atoms with Crippen LogP contribution in [0.15, 0.2) is 51.7 Å². The fourth-order valence-electron chi connectivity index (χ4n) is 5.13. The molecule has 2 fully saturated rings. The Morgan fingerprint density at radius 3 is 2.66 bits per heavy atom. The summed E-state index contributed by atoms with van der Waals surface area (Å²) in [6.07, 6.45) is 7.30. The zero-order valence-electron chi connectivity index (χ0n) is 17.4. The van der Waals surface area contributed by atoms with E-state index >= 15 is 0 Å². The van der Waals surface area contributed by atoms with Gasteiger partial charge in [-0.15, -0.1) is 0 Å². The maximum absolute atomic E-state index is 13.4. The fourth-order valence-corrected chi connectivity index (χ4v) is 6.13. The minimum atomic E-state index is -4.52. The highest BCUT2D eigenvalue weighted by molar-refractivity contribution is 7.99. The standard InChI is InChI=1S/C22H23F3N6S/c1-26-17-5-2-6-21(17)7-11-30(12-8-21)20-29-14-16(19-28-10-13-31(19)20)32-15-4-3-9-27-18(15)22(23,24)25/h3-4,9-10,13-14,17H,1-2,5-8,11-12H2. The molecule has 2 aliphatic rings. The van der Waals surface area contributed by atoms with E-state index in [1.165, 1.54) is 25.0 Å². The number of halogens is 3. The second-order valence-electron chi connectivity index (χ2n) is 8.43. The van der Waals surface area contributed by atoms with Gasteiger partial charge < -0.3 is 4.90 Å². The summed E-state index contributed by atoms with van der Waals surface area (Å²) >= 11 is 0.983. The van der Waals surface area contributed by atoms with Gasteiger partial charge in [-0.25, -0.2) is 9.97 Å². The topological polar surface area (TPSA) is 58.7 Å². The van der Waals surface area contributed by atoms with Crippen molar-refractivity contribution in [3.63, 3.8) is 0 Å². The number of hydrogen-bond acceptors (Lipinski definition) is 6. The Balaban J connectivity index is 1.42. The van der Waals surface area contributed by atoms with Crippen molar-refractivity contribution in [2.75, 3.05) is 18.0 Å². The van der Waals surface area contributed by atoms with Crippen LogP contribution in [0.2, 0.25) is 0 Å². The molecule has 5 rings (SSSR count). The van der Waals surface area contributed by atoms with Crippen LogP contribution in [0.3, 0.4) is 0 Å². The van der Waals surface area contributed by atoms with Crippen LogP contribution >= 0.6 is 11.8 Å². The van der Waals surface area contributed by atoms with Crippen LogP contribution in [0.1, 0.15) is 37.8 Å². The van der Waals surface area contributed by atoms with Crippen molar-refractivity contribution in [3.05, 3.63) is 42.6 Å². The average Bonchev–Trinajstić information content (AvgIpc) is 3.42. The SMILES string of the molecule is C=NC1CCCC12CCN(c1ncc(Sc3cccnc3C(F)(F)F)c3nccn13)CC2. The van der Waals surface area contributed by atoms with Crippen LogP contribution in [0.25, 0.3) is 5.65 Å². The summed E-state index contributed by atoms with van der Waals surface area (Å²) in [5.41, 5.74) is -0.0676. The molecule has 0 N–H and O–H groups in total. The quantitative estimate of drug-likeness (QED) is 0.505. The first-order valence-corrected chi connectivity index (χ1v) is 11.5. The molecular weight excluding hydrogens is 437 g/mol. The summed E-state index contributed by atoms with van der Waals surface area (Å²) in [7, 11) is 0. The molecule has 10 heteroatoms. The van der Waals surface area contributed by atoms with E-state index in [-0.39, 0.29) is 10.3 Å². The molecule has 1 saturated heterocycles. The van der Waals surface area contributed by atoms with Crippen LogP contribution in [0.5, 0.6) is 0 Å². The highest BCUT2D eigenvalue weighted by atomic mass is 32.2. The highest BCUT2D eigenvalue weighted by Gasteiger charge is 2.44. The fraction of sp³-hybridized carbons (Fsp3) is 0.455. The molecule has 0 bridgehead atoms. The van der Waals surface area contributed by atoms with Crippen LogP contribution in [-0.2, 0) is 6.18 Å². The number of rotatable bonds is 4. The Kier molecular flexibility index (Phi) is 5.35. The van der Waals surface area contributed by atoms with Gasteiger partial charge in [-0.1, -0.05) is 18.2 Å². The maximum Gasteiger partial charge on any atom is 0.434 e. The first-order valence-electron chi connectivity index (χ1n) is 10.6. The smallest absolute Gasteiger partial charge is 0.342 e. The summed E-state index contributed by atoms with van der Waals surface area (Å²) in [6.45, 7) is 5.52. The molecule has 0 amide bonds. The largest absolute Gasteiger partial charge is 0.434 e. The number of nitrogens with zero attached hydrogens (tertiary/aromatic N) is 6. The second kappa shape index (κ2) is 8.06. The molecule has 168 valence electrons. The summed E-state index contributed by atoms with van der Waals surface area (Å²) in [5, 5.41) is 0. The first-order chi connectivity index (χ1) is 15.4. The average molecular weight is 461 g/mol. The second-order valence-corrected chi connectivity index (χ2v) is 9.52. The van der Waals surface area contributed by atoms with Crippen LogP contribution in [-0.4, -0.2) is 45.2 Å². The maximum atomic E-state index is 13.4. The van der Waals surface area contributed by atoms with E-state index < -0.39 is 11.9 Å². The molecule has 1 saturated carbocycles. The van der Waals surface area contributed by atoms with E-state index in [1.807, 2.05) is 10.6 Å². The van der Waals surface area contributed by atoms with E-state index in [4.69, 9.17) is 0 Å². The lowest BCUT2D eigenvalue weighted by Gasteiger charge is -2.42. The van der Waals surface area contributed by atoms with Gasteiger partial charge >= 0.3 is 6.18 Å². The van der Waals surface area contributed by atoms with Gasteiger partial charge in [0.05, 0.1) is 10.9 Å². The minimum Gasteiger partial charge on any atom is -0.342 e. The number of piperidine rings is 1. The molecule has 1 aliphatic carbocycles. The number of fused-ring (bicyclic) bond motifs is 1. The van der Waals surface area contributed by atoms with E-state index in [0.29, 0.717) is 16.6 Å². The lowest BCUT2D eigenvalue weighted by atomic mass is 9.74. The third-order valence-electron chi connectivity index (χ3n) is 6.75. The van der Waals surface area contributed by atoms with Crippen molar-refractivity contribution in [2.24, 2.45) is 10.4 Å². The molecule has 4 heterocycles. The highest BCUT2D eigenvalue weighted by Crippen LogP contribution is 2.48. The lowest BCUT2D eigenvalue weighted by Crippen LogP contribution is -2.44. The van der Waals surface area contributed by atoms with Crippen molar-refractivity contribution in [2.45, 2.75) is 54.1 Å². The molecule has 6 nitrogen and oxygen atoms in total. The van der Waals surface area contributed by atoms with Crippen LogP contribution < -0.4 is 4.90 Å². The predicted octanol–water partition coefficient (Wildman–Crippen LogP) is 5.13. The zero-order chi connectivity index (χ0) is 22.3. The minimum absolute atomic E-state index is 0.0311. The number of alkyl halides is 3. The lowest BCUT2D eigenvalue weighted by molar-refractivity contribution is -0.143. The van der Waals surface area contributed by atoms with Gasteiger partial charge in [-0.3, -0.25) is 14.4 Å². The Hall–Kier alpha value is -2.62. The van der Waals surface area contributed by atoms with Gasteiger partial charge in [0.15, 0.2) is 11.3 Å². The monoisotopic (exact) mass is 460 g/mol. The number of pyridine rings is 1. The molecule has 1 spiro atoms. The number of hydrogen-bond donors (Lipinski definition) is 0. The summed E-state index contributed by atoms with van der Waals surface area (Å²) < 4.78 is 41.9. The van der Waals surface area contributed by atoms with Gasteiger partial charge in [-0.2, -0.15) is 13.2 Å². The molecule has 1 aliphatic heterocycles. The third-order valence-corrected chi connectivity index (χ3v) is 7.81. The molecule has 0 aromatic carbocycles. The number of anilines is 1. The summed E-state index contributed by atoms with van der Waals surface area (Å²) in [5.74, 6) is 0.764. The van der Waals surface area contributed by atoms with Crippen molar-refractivity contribution < 1.29 is 13.2 Å². The molecule has 3 aromatic rings. The predicted molar refractivity (Wildman–Crippen MR) is 117 cm³/mol. The van der Waals surface area contributed by atoms with Gasteiger partial charge in [0, 0.05) is 42.8 Å². The molecule has 3 aromatic heterocycles. The third kappa shape index (κ3) is 3.64. The van der Waals surface area contributed by atoms with E-state index in [1.54, 1.807) is 12.4 Å². The molecule has 1 unspecified atom stereocenters. The van der Waals surface area contributed by atoms with Gasteiger partial charge in [-0.05, 0) is 49.9 Å². The van der Waals surface area contributed by atoms with Crippen LogP contribution in [0.4, 0.5) is 19.1 Å². The summed E-state index contributed by atoms with van der Waals surface area (Å²) in [4.78, 5) is 19.8. The molecule has 1 atom stereocenters. The molecular formula is C22H23F3N6S. The van der Waals surface area contributed by atoms with Gasteiger partial charge in [0.25, 0.3) is 0 Å². The van der Waals surface area contributed by atoms with E-state index in [0.717, 1.165) is 56.3 Å². The summed E-state index contributed by atoms with van der Waals surface area (Å²) in [6, 6.07) is 3.26. The van der Waals surface area contributed by atoms with Crippen molar-refractivity contribution in [1.82, 2.24) is 19.4 Å². The van der Waals surface area contributed by atoms with Gasteiger partial charge in [0.2, 0.25) is 5.95 Å². The first kappa shape index (κ1) is 21.2. The number of aromatic nitrogens is 4. The van der Waals surface area contributed by atoms with E-state index in [2.05, 4.69) is 31.6 Å². The number of imidazole rings is 1. The Labute approximate surface area is 188 Å². The van der Waals surface area contributed by atoms with E-state index in [9.17, 15) is 13.2 Å². The van der Waals surface area contributed by atoms with Crippen molar-refractivity contribution in [1.29, 1.82) is 0 Å². The van der Waals surface area contributed by atoms with Crippen LogP contribution in [0, 0.1) is 5.41 Å². The van der Waals surface area contributed by atoms with Crippen molar-refractivity contribution >= 4 is 30.1 Å². The normalized spacial score (nSPS) is 20.8. The number of aliphatic imine (C=N–C) groups is 1. The molecule has 32 heavy (non-hydrogen) atoms. The Morgan fingerprint density at radius 1 is 1.09 bits per heavy atom. The Morgan fingerprint density at radius 2 is 1.91 bits per heavy atom. The Bertz CT molecular complexity index is 1140. The van der Waals surface area contributed by atoms with Gasteiger partial charge in [0.1, 0.15) is 0 Å². The van der Waals surface area contributed by atoms with Crippen molar-refractivity contribution in [3.8, 4) is 0 Å². The zero-order valence-corrected chi connectivity index (χ0v) is 18.2.